The van der Waals surface area contributed by atoms with Crippen LogP contribution in [-0.2, 0) is 38.3 Å². The number of unbranched alkanes of at least 4 members (excludes halogenated alkanes) is 13. The summed E-state index contributed by atoms with van der Waals surface area (Å²) in [7, 11) is -5.07. The highest BCUT2D eigenvalue weighted by Crippen LogP contribution is 2.26. The summed E-state index contributed by atoms with van der Waals surface area (Å²) in [5, 5.41) is 30.6. The minimum Gasteiger partial charge on any atom is -0.457 e. The Morgan fingerprint density at radius 3 is 1.67 bits per heavy atom. The lowest BCUT2D eigenvalue weighted by Gasteiger charge is -2.41. The van der Waals surface area contributed by atoms with Crippen LogP contribution in [0, 0.1) is 0 Å². The Labute approximate surface area is 362 Å². The van der Waals surface area contributed by atoms with Gasteiger partial charge in [-0.3, -0.25) is 9.35 Å². The van der Waals surface area contributed by atoms with E-state index in [1.165, 1.54) is 44.9 Å². The van der Waals surface area contributed by atoms with Gasteiger partial charge in [-0.25, -0.2) is 4.18 Å². The molecular weight excluding hydrogens is 789 g/mol. The summed E-state index contributed by atoms with van der Waals surface area (Å²) in [6.07, 6.45) is 39.4. The van der Waals surface area contributed by atoms with Gasteiger partial charge in [-0.15, -0.1) is 0 Å². The minimum absolute atomic E-state index is 0.0109. The summed E-state index contributed by atoms with van der Waals surface area (Å²) in [5.74, 6) is -0.416. The van der Waals surface area contributed by atoms with Gasteiger partial charge in [-0.1, -0.05) is 157 Å². The van der Waals surface area contributed by atoms with E-state index in [1.54, 1.807) is 0 Å². The van der Waals surface area contributed by atoms with Gasteiger partial charge < -0.3 is 34.3 Å². The normalized spacial score (nSPS) is 20.9. The van der Waals surface area contributed by atoms with E-state index in [0.29, 0.717) is 13.0 Å². The van der Waals surface area contributed by atoms with Crippen LogP contribution in [-0.4, -0.2) is 97.5 Å². The van der Waals surface area contributed by atoms with Crippen molar-refractivity contribution in [2.45, 2.75) is 192 Å². The van der Waals surface area contributed by atoms with Crippen LogP contribution in [0.4, 0.5) is 0 Å². The first kappa shape index (κ1) is 55.6. The zero-order valence-corrected chi connectivity index (χ0v) is 37.6. The molecule has 1 aliphatic rings. The summed E-state index contributed by atoms with van der Waals surface area (Å²) in [6, 6.07) is 0. The number of hydrogen-bond acceptors (Lipinski definition) is 11. The Kier molecular flexibility index (Phi) is 35.4. The second-order valence-corrected chi connectivity index (χ2v) is 16.3. The Bertz CT molecular complexity index is 1330. The second kappa shape index (κ2) is 38.2. The molecule has 6 unspecified atom stereocenters. The average molecular weight is 869 g/mol. The lowest BCUT2D eigenvalue weighted by Crippen LogP contribution is -2.60. The minimum atomic E-state index is -5.07. The lowest BCUT2D eigenvalue weighted by molar-refractivity contribution is -0.301. The molecule has 1 heterocycles. The maximum atomic E-state index is 12.8. The fraction of sp³-hybridized carbons (Fsp3) is 0.723. The van der Waals surface area contributed by atoms with Crippen LogP contribution in [0.3, 0.4) is 0 Å². The molecule has 0 amide bonds. The largest absolute Gasteiger partial charge is 0.457 e. The van der Waals surface area contributed by atoms with E-state index in [9.17, 15) is 28.5 Å². The van der Waals surface area contributed by atoms with Gasteiger partial charge in [0.2, 0.25) is 0 Å². The van der Waals surface area contributed by atoms with Crippen molar-refractivity contribution in [1.82, 2.24) is 0 Å². The maximum absolute atomic E-state index is 12.8. The van der Waals surface area contributed by atoms with Crippen molar-refractivity contribution in [2.75, 3.05) is 26.4 Å². The molecule has 0 aromatic heterocycles. The Hall–Kier alpha value is -2.46. The molecule has 0 bridgehead atoms. The number of ether oxygens (including phenoxy) is 4. The van der Waals surface area contributed by atoms with E-state index in [0.717, 1.165) is 83.5 Å². The van der Waals surface area contributed by atoms with E-state index in [2.05, 4.69) is 90.9 Å². The summed E-state index contributed by atoms with van der Waals surface area (Å²) < 4.78 is 59.0. The third-order valence-electron chi connectivity index (χ3n) is 9.84. The van der Waals surface area contributed by atoms with Crippen molar-refractivity contribution in [1.29, 1.82) is 0 Å². The Balaban J connectivity index is 2.43. The molecule has 12 nitrogen and oxygen atoms in total. The molecule has 0 aromatic carbocycles. The molecule has 1 rings (SSSR count). The van der Waals surface area contributed by atoms with Gasteiger partial charge in [0.1, 0.15) is 30.5 Å². The number of allylic oxidation sites excluding steroid dienone is 12. The standard InChI is InChI=1S/C47H80O12S/c1-3-5-7-9-11-13-15-16-17-18-19-20-21-22-23-24-25-27-29-31-33-35-37-55-39-41(57-43(49)36-34-32-30-28-26-14-12-10-8-6-4-2)40-56-47-45(51)46(59-60(52,53)54)44(50)42(38-48)58-47/h5,7,11,13,16-17,19-20,22-23,25,27,41-42,44-48,50-51H,3-4,6,8-10,12,14-15,18,21,24,26,28-40H2,1-2H3,(H,52,53,54)/b7-5-,13-11-,17-16-,20-19-,23-22-,27-25-. The van der Waals surface area contributed by atoms with Gasteiger partial charge in [0.05, 0.1) is 19.8 Å². The first-order valence-electron chi connectivity index (χ1n) is 22.7. The molecule has 346 valence electrons. The Morgan fingerprint density at radius 2 is 1.15 bits per heavy atom. The van der Waals surface area contributed by atoms with Crippen LogP contribution in [0.15, 0.2) is 72.9 Å². The van der Waals surface area contributed by atoms with Gasteiger partial charge in [0, 0.05) is 13.0 Å². The lowest BCUT2D eigenvalue weighted by atomic mass is 9.99. The predicted molar refractivity (Wildman–Crippen MR) is 239 cm³/mol. The van der Waals surface area contributed by atoms with Crippen molar-refractivity contribution < 1.29 is 56.2 Å². The molecule has 0 saturated carbocycles. The van der Waals surface area contributed by atoms with Crippen LogP contribution in [0.2, 0.25) is 0 Å². The molecule has 13 heteroatoms. The number of carbonyl (C=O) groups is 1. The van der Waals surface area contributed by atoms with Crippen molar-refractivity contribution in [3.05, 3.63) is 72.9 Å². The van der Waals surface area contributed by atoms with E-state index in [4.69, 9.17) is 23.5 Å². The highest BCUT2D eigenvalue weighted by Gasteiger charge is 2.48. The summed E-state index contributed by atoms with van der Waals surface area (Å²) in [6.45, 7) is 3.76. The fourth-order valence-corrected chi connectivity index (χ4v) is 6.95. The zero-order valence-electron chi connectivity index (χ0n) is 36.7. The van der Waals surface area contributed by atoms with Crippen LogP contribution in [0.5, 0.6) is 0 Å². The molecule has 4 N–H and O–H groups in total. The van der Waals surface area contributed by atoms with Gasteiger partial charge >= 0.3 is 16.4 Å². The van der Waals surface area contributed by atoms with E-state index in [1.807, 2.05) is 0 Å². The number of aliphatic hydroxyl groups excluding tert-OH is 3. The molecule has 0 spiro atoms. The van der Waals surface area contributed by atoms with Crippen molar-refractivity contribution >= 4 is 16.4 Å². The number of rotatable bonds is 38. The molecule has 0 aliphatic carbocycles. The van der Waals surface area contributed by atoms with Gasteiger partial charge in [-0.05, 0) is 64.2 Å². The SMILES string of the molecule is CC/C=C\C/C=C\C/C=C\C/C=C\C/C=C\C/C=C\CCCCCOCC(COC1OC(CO)C(O)C(OS(=O)(=O)O)C1O)OC(=O)CCCCCCCCCCCCC. The molecular formula is C47H80O12S. The van der Waals surface area contributed by atoms with Crippen molar-refractivity contribution in [2.24, 2.45) is 0 Å². The predicted octanol–water partition coefficient (Wildman–Crippen LogP) is 9.52. The molecule has 6 atom stereocenters. The first-order chi connectivity index (χ1) is 29.1. The van der Waals surface area contributed by atoms with Gasteiger partial charge in [-0.2, -0.15) is 8.42 Å². The average Bonchev–Trinajstić information content (AvgIpc) is 3.22. The third kappa shape index (κ3) is 31.4. The third-order valence-corrected chi connectivity index (χ3v) is 10.3. The highest BCUT2D eigenvalue weighted by atomic mass is 32.3. The maximum Gasteiger partial charge on any atom is 0.397 e. The van der Waals surface area contributed by atoms with E-state index >= 15 is 0 Å². The number of aliphatic hydroxyl groups is 3. The molecule has 1 aliphatic heterocycles. The smallest absolute Gasteiger partial charge is 0.397 e. The van der Waals surface area contributed by atoms with Crippen LogP contribution in [0.25, 0.3) is 0 Å². The fourth-order valence-electron chi connectivity index (χ4n) is 6.44. The molecule has 60 heavy (non-hydrogen) atoms. The van der Waals surface area contributed by atoms with Crippen LogP contribution >= 0.6 is 0 Å². The molecule has 1 saturated heterocycles. The second-order valence-electron chi connectivity index (χ2n) is 15.3. The quantitative estimate of drug-likeness (QED) is 0.0200. The number of carbonyl (C=O) groups excluding carboxylic acids is 1. The summed E-state index contributed by atoms with van der Waals surface area (Å²) in [5.41, 5.74) is 0. The number of hydrogen-bond donors (Lipinski definition) is 4. The molecule has 0 aromatic rings. The van der Waals surface area contributed by atoms with E-state index in [-0.39, 0.29) is 19.6 Å². The molecule has 1 fully saturated rings. The highest BCUT2D eigenvalue weighted by molar-refractivity contribution is 7.80. The van der Waals surface area contributed by atoms with Crippen LogP contribution < -0.4 is 0 Å². The zero-order chi connectivity index (χ0) is 43.9. The van der Waals surface area contributed by atoms with Crippen molar-refractivity contribution in [3.8, 4) is 0 Å². The van der Waals surface area contributed by atoms with E-state index < -0.39 is 59.8 Å². The van der Waals surface area contributed by atoms with Gasteiger partial charge in [0.25, 0.3) is 0 Å². The monoisotopic (exact) mass is 869 g/mol. The summed E-state index contributed by atoms with van der Waals surface area (Å²) >= 11 is 0. The van der Waals surface area contributed by atoms with Crippen LogP contribution in [0.1, 0.15) is 155 Å². The molecule has 0 radical (unpaired) electrons. The van der Waals surface area contributed by atoms with Crippen molar-refractivity contribution in [3.63, 3.8) is 0 Å². The Morgan fingerprint density at radius 1 is 0.650 bits per heavy atom. The summed E-state index contributed by atoms with van der Waals surface area (Å²) in [4.78, 5) is 12.8. The first-order valence-corrected chi connectivity index (χ1v) is 24.1. The van der Waals surface area contributed by atoms with Gasteiger partial charge in [0.15, 0.2) is 6.29 Å². The topological polar surface area (TPSA) is 178 Å². The number of esters is 1.